The molecule has 0 aliphatic carbocycles. The maximum Gasteiger partial charge on any atom is 0.241 e. The Kier molecular flexibility index (Phi) is 5.34. The van der Waals surface area contributed by atoms with Crippen LogP contribution in [0, 0.1) is 13.8 Å². The van der Waals surface area contributed by atoms with Crippen LogP contribution < -0.4 is 18.9 Å². The second-order valence-corrected chi connectivity index (χ2v) is 9.41. The molecule has 2 aromatic rings. The van der Waals surface area contributed by atoms with Gasteiger partial charge in [-0.15, -0.1) is 0 Å². The lowest BCUT2D eigenvalue weighted by Crippen LogP contribution is -2.41. The van der Waals surface area contributed by atoms with Gasteiger partial charge >= 0.3 is 0 Å². The van der Waals surface area contributed by atoms with E-state index in [4.69, 9.17) is 14.2 Å². The highest BCUT2D eigenvalue weighted by atomic mass is 32.2. The van der Waals surface area contributed by atoms with Crippen LogP contribution in [0.4, 0.5) is 0 Å². The van der Waals surface area contributed by atoms with Crippen molar-refractivity contribution < 1.29 is 22.6 Å². The Morgan fingerprint density at radius 2 is 1.79 bits per heavy atom. The van der Waals surface area contributed by atoms with Crippen LogP contribution in [0.15, 0.2) is 35.2 Å². The topological polar surface area (TPSA) is 73.9 Å². The Morgan fingerprint density at radius 3 is 2.43 bits per heavy atom. The van der Waals surface area contributed by atoms with Crippen molar-refractivity contribution in [3.8, 4) is 17.2 Å². The highest BCUT2D eigenvalue weighted by Crippen LogP contribution is 2.42. The second kappa shape index (κ2) is 7.29. The summed E-state index contributed by atoms with van der Waals surface area (Å²) >= 11 is 0. The standard InChI is InChI=1S/C21H27NO5S/c1-13-10-20(14(2)9-18(13)26-6)28(23,24)22-17-12-21(3,4)27-19-11-15(25-5)7-8-16(17)19/h7-11,17,22H,12H2,1-6H3/t17-/m0/s1. The molecule has 0 aromatic heterocycles. The summed E-state index contributed by atoms with van der Waals surface area (Å²) in [5, 5.41) is 0. The van der Waals surface area contributed by atoms with Crippen molar-refractivity contribution in [2.45, 2.75) is 50.7 Å². The second-order valence-electron chi connectivity index (χ2n) is 7.73. The summed E-state index contributed by atoms with van der Waals surface area (Å²) in [6, 6.07) is 8.44. The third kappa shape index (κ3) is 3.95. The summed E-state index contributed by atoms with van der Waals surface area (Å²) < 4.78 is 45.9. The number of rotatable bonds is 5. The van der Waals surface area contributed by atoms with Gasteiger partial charge in [-0.25, -0.2) is 13.1 Å². The maximum absolute atomic E-state index is 13.2. The molecule has 2 aromatic carbocycles. The molecule has 0 amide bonds. The summed E-state index contributed by atoms with van der Waals surface area (Å²) in [5.41, 5.74) is 1.69. The van der Waals surface area contributed by atoms with E-state index in [9.17, 15) is 8.42 Å². The summed E-state index contributed by atoms with van der Waals surface area (Å²) in [6.45, 7) is 7.48. The molecule has 1 N–H and O–H groups in total. The van der Waals surface area contributed by atoms with Gasteiger partial charge < -0.3 is 14.2 Å². The average molecular weight is 406 g/mol. The highest BCUT2D eigenvalue weighted by molar-refractivity contribution is 7.89. The van der Waals surface area contributed by atoms with Crippen LogP contribution >= 0.6 is 0 Å². The first-order valence-corrected chi connectivity index (χ1v) is 10.6. The van der Waals surface area contributed by atoms with Crippen LogP contribution in [0.2, 0.25) is 0 Å². The summed E-state index contributed by atoms with van der Waals surface area (Å²) in [7, 11) is -0.578. The molecule has 1 atom stereocenters. The van der Waals surface area contributed by atoms with Gasteiger partial charge in [0.15, 0.2) is 0 Å². The lowest BCUT2D eigenvalue weighted by atomic mass is 9.90. The van der Waals surface area contributed by atoms with Gasteiger partial charge in [0.05, 0.1) is 25.2 Å². The first kappa shape index (κ1) is 20.5. The fourth-order valence-corrected chi connectivity index (χ4v) is 5.11. The fourth-order valence-electron chi connectivity index (χ4n) is 3.59. The fraction of sp³-hybridized carbons (Fsp3) is 0.429. The molecule has 0 saturated heterocycles. The number of benzene rings is 2. The molecule has 7 heteroatoms. The van der Waals surface area contributed by atoms with Gasteiger partial charge in [0, 0.05) is 18.1 Å². The number of hydrogen-bond acceptors (Lipinski definition) is 5. The minimum atomic E-state index is -3.74. The average Bonchev–Trinajstić information content (AvgIpc) is 2.61. The monoisotopic (exact) mass is 405 g/mol. The van der Waals surface area contributed by atoms with Crippen molar-refractivity contribution in [2.24, 2.45) is 0 Å². The van der Waals surface area contributed by atoms with Crippen LogP contribution in [0.25, 0.3) is 0 Å². The number of aryl methyl sites for hydroxylation is 2. The van der Waals surface area contributed by atoms with Crippen LogP contribution in [0.5, 0.6) is 17.2 Å². The van der Waals surface area contributed by atoms with Crippen molar-refractivity contribution >= 4 is 10.0 Å². The number of nitrogens with one attached hydrogen (secondary N) is 1. The Morgan fingerprint density at radius 1 is 1.07 bits per heavy atom. The molecule has 28 heavy (non-hydrogen) atoms. The molecule has 0 unspecified atom stereocenters. The lowest BCUT2D eigenvalue weighted by Gasteiger charge is -2.38. The molecule has 0 radical (unpaired) electrons. The molecule has 1 heterocycles. The van der Waals surface area contributed by atoms with Crippen LogP contribution in [0.3, 0.4) is 0 Å². The summed E-state index contributed by atoms with van der Waals surface area (Å²) in [5.74, 6) is 1.96. The Hall–Kier alpha value is -2.25. The van der Waals surface area contributed by atoms with E-state index in [0.717, 1.165) is 11.1 Å². The zero-order valence-electron chi connectivity index (χ0n) is 17.1. The van der Waals surface area contributed by atoms with E-state index in [1.54, 1.807) is 39.3 Å². The van der Waals surface area contributed by atoms with E-state index in [0.29, 0.717) is 29.2 Å². The lowest BCUT2D eigenvalue weighted by molar-refractivity contribution is 0.0699. The largest absolute Gasteiger partial charge is 0.497 e. The van der Waals surface area contributed by atoms with Crippen molar-refractivity contribution in [1.29, 1.82) is 0 Å². The van der Waals surface area contributed by atoms with Gasteiger partial charge in [-0.3, -0.25) is 0 Å². The Labute approximate surface area is 166 Å². The molecule has 6 nitrogen and oxygen atoms in total. The normalized spacial score (nSPS) is 18.1. The third-order valence-corrected chi connectivity index (χ3v) is 6.57. The number of hydrogen-bond donors (Lipinski definition) is 1. The molecular weight excluding hydrogens is 378 g/mol. The Balaban J connectivity index is 2.00. The van der Waals surface area contributed by atoms with Crippen molar-refractivity contribution in [3.05, 3.63) is 47.0 Å². The molecule has 152 valence electrons. The molecule has 0 fully saturated rings. The van der Waals surface area contributed by atoms with Crippen LogP contribution in [0.1, 0.15) is 43.0 Å². The van der Waals surface area contributed by atoms with E-state index in [1.807, 2.05) is 32.9 Å². The summed E-state index contributed by atoms with van der Waals surface area (Å²) in [4.78, 5) is 0.255. The van der Waals surface area contributed by atoms with E-state index in [-0.39, 0.29) is 4.90 Å². The number of sulfonamides is 1. The Bertz CT molecular complexity index is 998. The van der Waals surface area contributed by atoms with Gasteiger partial charge in [-0.05, 0) is 57.0 Å². The van der Waals surface area contributed by atoms with Gasteiger partial charge in [0.1, 0.15) is 22.8 Å². The maximum atomic E-state index is 13.2. The van der Waals surface area contributed by atoms with Gasteiger partial charge in [0.25, 0.3) is 0 Å². The molecule has 1 aliphatic heterocycles. The van der Waals surface area contributed by atoms with E-state index in [2.05, 4.69) is 4.72 Å². The van der Waals surface area contributed by atoms with Crippen molar-refractivity contribution in [3.63, 3.8) is 0 Å². The summed E-state index contributed by atoms with van der Waals surface area (Å²) in [6.07, 6.45) is 0.514. The smallest absolute Gasteiger partial charge is 0.241 e. The molecule has 0 saturated carbocycles. The van der Waals surface area contributed by atoms with Crippen molar-refractivity contribution in [1.82, 2.24) is 4.72 Å². The van der Waals surface area contributed by atoms with Gasteiger partial charge in [0.2, 0.25) is 10.0 Å². The predicted molar refractivity (Wildman–Crippen MR) is 108 cm³/mol. The first-order chi connectivity index (χ1) is 13.1. The third-order valence-electron chi connectivity index (χ3n) is 4.96. The van der Waals surface area contributed by atoms with Gasteiger partial charge in [-0.2, -0.15) is 0 Å². The highest BCUT2D eigenvalue weighted by Gasteiger charge is 2.36. The molecule has 0 spiro atoms. The van der Waals surface area contributed by atoms with E-state index >= 15 is 0 Å². The van der Waals surface area contributed by atoms with E-state index in [1.165, 1.54) is 0 Å². The minimum absolute atomic E-state index is 0.255. The SMILES string of the molecule is COc1ccc2c(c1)OC(C)(C)C[C@@H]2NS(=O)(=O)c1cc(C)c(OC)cc1C. The number of fused-ring (bicyclic) bond motifs is 1. The number of ether oxygens (including phenoxy) is 3. The molecule has 1 aliphatic rings. The minimum Gasteiger partial charge on any atom is -0.497 e. The molecule has 3 rings (SSSR count). The molecule has 0 bridgehead atoms. The van der Waals surface area contributed by atoms with E-state index < -0.39 is 21.7 Å². The zero-order valence-corrected chi connectivity index (χ0v) is 17.9. The quantitative estimate of drug-likeness (QED) is 0.817. The van der Waals surface area contributed by atoms with Crippen molar-refractivity contribution in [2.75, 3.05) is 14.2 Å². The first-order valence-electron chi connectivity index (χ1n) is 9.11. The van der Waals surface area contributed by atoms with Crippen LogP contribution in [-0.2, 0) is 10.0 Å². The van der Waals surface area contributed by atoms with Gasteiger partial charge in [-0.1, -0.05) is 6.07 Å². The number of methoxy groups -OCH3 is 2. The van der Waals surface area contributed by atoms with Crippen LogP contribution in [-0.4, -0.2) is 28.2 Å². The predicted octanol–water partition coefficient (Wildman–Crippen LogP) is 3.90. The zero-order chi connectivity index (χ0) is 20.7. The molecular formula is C21H27NO5S.